The van der Waals surface area contributed by atoms with Crippen LogP contribution in [0.25, 0.3) is 0 Å². The van der Waals surface area contributed by atoms with Gasteiger partial charge in [0.05, 0.1) is 5.02 Å². The highest BCUT2D eigenvalue weighted by Gasteiger charge is 2.13. The maximum Gasteiger partial charge on any atom is 0.124 e. The van der Waals surface area contributed by atoms with Crippen molar-refractivity contribution in [1.29, 1.82) is 5.41 Å². The second-order valence-electron chi connectivity index (χ2n) is 3.68. The first-order valence-electron chi connectivity index (χ1n) is 5.15. The summed E-state index contributed by atoms with van der Waals surface area (Å²) >= 11 is 8.07. The van der Waals surface area contributed by atoms with Crippen molar-refractivity contribution in [2.24, 2.45) is 5.73 Å². The van der Waals surface area contributed by atoms with Crippen molar-refractivity contribution in [1.82, 2.24) is 0 Å². The van der Waals surface area contributed by atoms with Gasteiger partial charge in [0.25, 0.3) is 0 Å². The zero-order valence-corrected chi connectivity index (χ0v) is 10.4. The number of thioether (sulfide) groups is 1. The molecule has 0 radical (unpaired) electrons. The van der Waals surface area contributed by atoms with Gasteiger partial charge in [0, 0.05) is 35.8 Å². The fourth-order valence-corrected chi connectivity index (χ4v) is 2.92. The lowest BCUT2D eigenvalue weighted by Gasteiger charge is -2.28. The van der Waals surface area contributed by atoms with E-state index < -0.39 is 0 Å². The molecule has 1 fully saturated rings. The molecule has 2 rings (SSSR count). The number of anilines is 1. The number of hydrogen-bond acceptors (Lipinski definition) is 3. The lowest BCUT2D eigenvalue weighted by molar-refractivity contribution is 0.859. The summed E-state index contributed by atoms with van der Waals surface area (Å²) in [4.78, 5) is 2.31. The van der Waals surface area contributed by atoms with E-state index in [4.69, 9.17) is 22.7 Å². The van der Waals surface area contributed by atoms with E-state index in [1.807, 2.05) is 30.0 Å². The summed E-state index contributed by atoms with van der Waals surface area (Å²) in [5.74, 6) is 2.34. The molecule has 0 saturated carbocycles. The Kier molecular flexibility index (Phi) is 3.61. The van der Waals surface area contributed by atoms with Gasteiger partial charge in [0.2, 0.25) is 0 Å². The van der Waals surface area contributed by atoms with Crippen molar-refractivity contribution in [2.45, 2.75) is 0 Å². The van der Waals surface area contributed by atoms with E-state index in [1.54, 1.807) is 0 Å². The molecule has 0 amide bonds. The maximum absolute atomic E-state index is 7.37. The largest absolute Gasteiger partial charge is 0.384 e. The fraction of sp³-hybridized carbons (Fsp3) is 0.364. The number of benzene rings is 1. The Bertz CT molecular complexity index is 402. The standard InChI is InChI=1S/C11H14ClN3S/c12-10-7-8(1-2-9(10)11(13)14)15-3-5-16-6-4-15/h1-2,7H,3-6H2,(H3,13,14). The first-order valence-corrected chi connectivity index (χ1v) is 6.68. The monoisotopic (exact) mass is 255 g/mol. The van der Waals surface area contributed by atoms with Crippen molar-refractivity contribution in [3.8, 4) is 0 Å². The van der Waals surface area contributed by atoms with Crippen LogP contribution in [0, 0.1) is 5.41 Å². The van der Waals surface area contributed by atoms with Crippen molar-refractivity contribution >= 4 is 34.9 Å². The van der Waals surface area contributed by atoms with Crippen molar-refractivity contribution in [2.75, 3.05) is 29.5 Å². The summed E-state index contributed by atoms with van der Waals surface area (Å²) in [6.45, 7) is 2.11. The third kappa shape index (κ3) is 2.44. The molecule has 0 unspecified atom stereocenters. The first kappa shape index (κ1) is 11.6. The lowest BCUT2D eigenvalue weighted by atomic mass is 10.1. The Morgan fingerprint density at radius 3 is 2.62 bits per heavy atom. The van der Waals surface area contributed by atoms with Gasteiger partial charge in [0.15, 0.2) is 0 Å². The molecule has 0 spiro atoms. The molecule has 1 heterocycles. The molecule has 1 aliphatic rings. The number of nitrogens with one attached hydrogen (secondary N) is 1. The molecule has 0 bridgehead atoms. The number of hydrogen-bond donors (Lipinski definition) is 2. The molecule has 3 N–H and O–H groups in total. The molecule has 5 heteroatoms. The summed E-state index contributed by atoms with van der Waals surface area (Å²) < 4.78 is 0. The molecule has 0 atom stereocenters. The predicted octanol–water partition coefficient (Wildman–Crippen LogP) is 2.18. The van der Waals surface area contributed by atoms with Crippen molar-refractivity contribution < 1.29 is 0 Å². The lowest BCUT2D eigenvalue weighted by Crippen LogP contribution is -2.32. The molecular formula is C11H14ClN3S. The van der Waals surface area contributed by atoms with Gasteiger partial charge in [0.1, 0.15) is 5.84 Å². The number of nitrogens with two attached hydrogens (primary N) is 1. The molecule has 0 aromatic heterocycles. The molecule has 1 aliphatic heterocycles. The molecule has 1 aromatic rings. The van der Waals surface area contributed by atoms with Crippen LogP contribution in [0.1, 0.15) is 5.56 Å². The molecule has 0 aliphatic carbocycles. The fourth-order valence-electron chi connectivity index (χ4n) is 1.74. The smallest absolute Gasteiger partial charge is 0.124 e. The molecule has 1 aromatic carbocycles. The topological polar surface area (TPSA) is 53.1 Å². The van der Waals surface area contributed by atoms with Crippen LogP contribution in [0.5, 0.6) is 0 Å². The Hall–Kier alpha value is -0.870. The van der Waals surface area contributed by atoms with E-state index in [-0.39, 0.29) is 5.84 Å². The summed E-state index contributed by atoms with van der Waals surface area (Å²) in [6, 6.07) is 5.70. The van der Waals surface area contributed by atoms with Gasteiger partial charge in [-0.2, -0.15) is 11.8 Å². The van der Waals surface area contributed by atoms with Crippen LogP contribution in [0.4, 0.5) is 5.69 Å². The molecule has 86 valence electrons. The van der Waals surface area contributed by atoms with Crippen LogP contribution in [-0.4, -0.2) is 30.4 Å². The SMILES string of the molecule is N=C(N)c1ccc(N2CCSCC2)cc1Cl. The zero-order chi connectivity index (χ0) is 11.5. The van der Waals surface area contributed by atoms with Crippen molar-refractivity contribution in [3.05, 3.63) is 28.8 Å². The van der Waals surface area contributed by atoms with Crippen LogP contribution in [0.15, 0.2) is 18.2 Å². The van der Waals surface area contributed by atoms with E-state index in [2.05, 4.69) is 4.90 Å². The third-order valence-electron chi connectivity index (χ3n) is 2.62. The Labute approximate surface area is 104 Å². The summed E-state index contributed by atoms with van der Waals surface area (Å²) in [5, 5.41) is 7.93. The molecular weight excluding hydrogens is 242 g/mol. The van der Waals surface area contributed by atoms with Gasteiger partial charge in [-0.15, -0.1) is 0 Å². The first-order chi connectivity index (χ1) is 7.68. The number of nitrogens with zero attached hydrogens (tertiary/aromatic N) is 1. The van der Waals surface area contributed by atoms with Crippen molar-refractivity contribution in [3.63, 3.8) is 0 Å². The summed E-state index contributed by atoms with van der Waals surface area (Å²) in [5.41, 5.74) is 7.15. The van der Waals surface area contributed by atoms with Crippen LogP contribution < -0.4 is 10.6 Å². The van der Waals surface area contributed by atoms with E-state index in [1.165, 1.54) is 0 Å². The number of rotatable bonds is 2. The normalized spacial score (nSPS) is 16.2. The molecule has 3 nitrogen and oxygen atoms in total. The Morgan fingerprint density at radius 1 is 1.38 bits per heavy atom. The predicted molar refractivity (Wildman–Crippen MR) is 72.0 cm³/mol. The van der Waals surface area contributed by atoms with Gasteiger partial charge < -0.3 is 10.6 Å². The van der Waals surface area contributed by atoms with E-state index in [0.717, 1.165) is 30.3 Å². The summed E-state index contributed by atoms with van der Waals surface area (Å²) in [6.07, 6.45) is 0. The number of amidine groups is 1. The number of halogens is 1. The minimum Gasteiger partial charge on any atom is -0.384 e. The zero-order valence-electron chi connectivity index (χ0n) is 8.87. The second kappa shape index (κ2) is 4.97. The quantitative estimate of drug-likeness (QED) is 0.629. The molecule has 1 saturated heterocycles. The highest BCUT2D eigenvalue weighted by atomic mass is 35.5. The third-order valence-corrected chi connectivity index (χ3v) is 3.87. The average Bonchev–Trinajstić information content (AvgIpc) is 2.29. The van der Waals surface area contributed by atoms with Gasteiger partial charge in [-0.1, -0.05) is 11.6 Å². The van der Waals surface area contributed by atoms with Gasteiger partial charge in [-0.05, 0) is 18.2 Å². The summed E-state index contributed by atoms with van der Waals surface area (Å²) in [7, 11) is 0. The Balaban J connectivity index is 2.23. The second-order valence-corrected chi connectivity index (χ2v) is 5.31. The Morgan fingerprint density at radius 2 is 2.06 bits per heavy atom. The van der Waals surface area contributed by atoms with E-state index in [0.29, 0.717) is 10.6 Å². The van der Waals surface area contributed by atoms with Crippen LogP contribution in [0.2, 0.25) is 5.02 Å². The van der Waals surface area contributed by atoms with Gasteiger partial charge in [-0.25, -0.2) is 0 Å². The van der Waals surface area contributed by atoms with Gasteiger partial charge >= 0.3 is 0 Å². The highest BCUT2D eigenvalue weighted by Crippen LogP contribution is 2.25. The average molecular weight is 256 g/mol. The van der Waals surface area contributed by atoms with Crippen LogP contribution in [-0.2, 0) is 0 Å². The molecule has 16 heavy (non-hydrogen) atoms. The maximum atomic E-state index is 7.37. The van der Waals surface area contributed by atoms with Crippen LogP contribution >= 0.6 is 23.4 Å². The van der Waals surface area contributed by atoms with Gasteiger partial charge in [-0.3, -0.25) is 5.41 Å². The van der Waals surface area contributed by atoms with E-state index in [9.17, 15) is 0 Å². The minimum absolute atomic E-state index is 0.0192. The van der Waals surface area contributed by atoms with E-state index >= 15 is 0 Å². The van der Waals surface area contributed by atoms with Crippen LogP contribution in [0.3, 0.4) is 0 Å². The minimum atomic E-state index is 0.0192. The highest BCUT2D eigenvalue weighted by molar-refractivity contribution is 7.99. The number of nitrogen functional groups attached to an aromatic ring is 1.